The maximum atomic E-state index is 10.7. The van der Waals surface area contributed by atoms with Crippen LogP contribution < -0.4 is 0 Å². The van der Waals surface area contributed by atoms with E-state index < -0.39 is 46.9 Å². The molecule has 2 aromatic heterocycles. The Hall–Kier alpha value is -0.981. The van der Waals surface area contributed by atoms with Crippen LogP contribution in [0.2, 0.25) is 5.15 Å². The van der Waals surface area contributed by atoms with Gasteiger partial charge in [-0.3, -0.25) is 0 Å². The van der Waals surface area contributed by atoms with Crippen molar-refractivity contribution in [1.29, 1.82) is 5.26 Å². The summed E-state index contributed by atoms with van der Waals surface area (Å²) >= 11 is 5.79. The quantitative estimate of drug-likeness (QED) is 0.175. The van der Waals surface area contributed by atoms with E-state index in [2.05, 4.69) is 9.97 Å². The molecule has 0 aliphatic rings. The second kappa shape index (κ2) is 15.3. The van der Waals surface area contributed by atoms with Crippen molar-refractivity contribution in [2.24, 2.45) is 0 Å². The van der Waals surface area contributed by atoms with E-state index in [0.717, 1.165) is 12.1 Å². The molecule has 13 nitrogen and oxygen atoms in total. The predicted molar refractivity (Wildman–Crippen MR) is 100 cm³/mol. The number of imidazole rings is 1. The van der Waals surface area contributed by atoms with E-state index in [-0.39, 0.29) is 52.6 Å². The fourth-order valence-electron chi connectivity index (χ4n) is 1.36. The van der Waals surface area contributed by atoms with Gasteiger partial charge >= 0.3 is 63.4 Å². The monoisotopic (exact) mass is 827 g/mol. The number of aromatic nitrogens is 3. The molecule has 231 valence electrons. The maximum absolute atomic E-state index is 10.7. The minimum absolute atomic E-state index is 0. The largest absolute Gasteiger partial charge is 3.00 e. The topological polar surface area (TPSA) is 226 Å². The van der Waals surface area contributed by atoms with E-state index in [4.69, 9.17) is 55.8 Å². The third-order valence-corrected chi connectivity index (χ3v) is 4.77. The van der Waals surface area contributed by atoms with Gasteiger partial charge in [0.25, 0.3) is 0 Å². The summed E-state index contributed by atoms with van der Waals surface area (Å²) in [6.07, 6.45) is 1.68. The first-order valence-electron chi connectivity index (χ1n) is 7.99. The van der Waals surface area contributed by atoms with Gasteiger partial charge in [0.2, 0.25) is 0 Å². The van der Waals surface area contributed by atoms with Crippen molar-refractivity contribution in [3.63, 3.8) is 0 Å². The second-order valence-corrected chi connectivity index (χ2v) is 10.0. The van der Waals surface area contributed by atoms with E-state index in [0.29, 0.717) is 10.7 Å². The number of alkyl halides is 9. The summed E-state index contributed by atoms with van der Waals surface area (Å²) in [5.74, 6) is 0. The van der Waals surface area contributed by atoms with Crippen LogP contribution in [0.15, 0.2) is 12.4 Å². The fourth-order valence-corrected chi connectivity index (χ4v) is 1.55. The van der Waals surface area contributed by atoms with Crippen molar-refractivity contribution in [2.75, 3.05) is 0 Å². The Morgan fingerprint density at radius 2 is 1.18 bits per heavy atom. The van der Waals surface area contributed by atoms with E-state index in [1.807, 2.05) is 17.6 Å². The molecule has 2 rings (SSSR count). The Kier molecular flexibility index (Phi) is 16.7. The summed E-state index contributed by atoms with van der Waals surface area (Å²) in [4.78, 5) is 8.02. The number of halogens is 10. The summed E-state index contributed by atoms with van der Waals surface area (Å²) in [5, 5.41) is 9.15. The minimum atomic E-state index is -6.09. The van der Waals surface area contributed by atoms with Gasteiger partial charge in [-0.05, 0) is 6.92 Å². The van der Waals surface area contributed by atoms with Crippen molar-refractivity contribution in [2.45, 2.75) is 30.0 Å². The average Bonchev–Trinajstić information content (AvgIpc) is 3.07. The van der Waals surface area contributed by atoms with Gasteiger partial charge in [-0.2, -0.15) is 44.8 Å². The Morgan fingerprint density at radius 3 is 1.41 bits per heavy atom. The molecular weight excluding hydrogens is 820 g/mol. The van der Waals surface area contributed by atoms with Crippen LogP contribution in [0.1, 0.15) is 12.6 Å². The molecule has 0 saturated heterocycles. The Morgan fingerprint density at radius 1 is 0.872 bits per heavy atom. The summed E-state index contributed by atoms with van der Waals surface area (Å²) in [5.41, 5.74) is -15.2. The first kappa shape index (κ1) is 42.5. The summed E-state index contributed by atoms with van der Waals surface area (Å²) in [7, 11) is -18.3. The van der Waals surface area contributed by atoms with Crippen LogP contribution in [0.4, 0.5) is 39.5 Å². The van der Waals surface area contributed by atoms with Crippen molar-refractivity contribution in [3.8, 4) is 6.07 Å². The smallest absolute Gasteiger partial charge is 0.741 e. The zero-order chi connectivity index (χ0) is 31.1. The van der Waals surface area contributed by atoms with Crippen LogP contribution in [-0.2, 0) is 36.9 Å². The normalized spacial score (nSPS) is 12.3. The molecule has 0 aromatic carbocycles. The predicted octanol–water partition coefficient (Wildman–Crippen LogP) is 2.13. The molecule has 0 saturated carbocycles. The van der Waals surface area contributed by atoms with Crippen molar-refractivity contribution >= 4 is 53.0 Å². The van der Waals surface area contributed by atoms with Gasteiger partial charge in [0.15, 0.2) is 36.0 Å². The van der Waals surface area contributed by atoms with Gasteiger partial charge in [0.05, 0.1) is 11.8 Å². The number of hydrogen-bond acceptors (Lipinski definition) is 12. The maximum Gasteiger partial charge on any atom is 3.00 e. The third kappa shape index (κ3) is 15.0. The standard InChI is InChI=1S/C9H7ClN4.3CHF3O3S.Yb/c1-2-14-5-12-9-6(4-11)13-8(10)3-7(9)14;3*2-1(3,4)8(5,6)7;/h3,5H,2H2,1H3;3*(H,5,6,7);/q;;;;+3/p-3. The van der Waals surface area contributed by atoms with E-state index >= 15 is 0 Å². The number of hydrogen-bond donors (Lipinski definition) is 0. The fraction of sp³-hybridized carbons (Fsp3) is 0.417. The molecule has 2 aromatic rings. The minimum Gasteiger partial charge on any atom is -0.741 e. The molecule has 27 heteroatoms. The number of fused-ring (bicyclic) bond motifs is 1. The molecule has 0 atom stereocenters. The van der Waals surface area contributed by atoms with Crippen LogP contribution in [0.3, 0.4) is 0 Å². The van der Waals surface area contributed by atoms with Crippen LogP contribution in [0.25, 0.3) is 11.0 Å². The first-order valence-corrected chi connectivity index (χ1v) is 12.6. The molecular formula is C12H7ClF9N4O9S3Yb. The van der Waals surface area contributed by atoms with Crippen LogP contribution >= 0.6 is 11.6 Å². The third-order valence-electron chi connectivity index (χ3n) is 2.87. The van der Waals surface area contributed by atoms with E-state index in [1.165, 1.54) is 0 Å². The van der Waals surface area contributed by atoms with Crippen molar-refractivity contribution in [3.05, 3.63) is 23.2 Å². The molecule has 1 radical (unpaired) electrons. The van der Waals surface area contributed by atoms with Gasteiger partial charge in [-0.25, -0.2) is 35.2 Å². The number of nitriles is 1. The Labute approximate surface area is 255 Å². The zero-order valence-electron chi connectivity index (χ0n) is 17.6. The number of nitrogens with zero attached hydrogens (tertiary/aromatic N) is 4. The van der Waals surface area contributed by atoms with Gasteiger partial charge < -0.3 is 18.2 Å². The number of pyridine rings is 1. The molecule has 39 heavy (non-hydrogen) atoms. The molecule has 0 amide bonds. The zero-order valence-corrected chi connectivity index (χ0v) is 22.5. The summed E-state index contributed by atoms with van der Waals surface area (Å²) in [6.45, 7) is 2.79. The van der Waals surface area contributed by atoms with Gasteiger partial charge in [-0.15, -0.1) is 0 Å². The summed E-state index contributed by atoms with van der Waals surface area (Å²) < 4.78 is 179. The number of rotatable bonds is 1. The molecule has 0 N–H and O–H groups in total. The van der Waals surface area contributed by atoms with Crippen LogP contribution in [0.5, 0.6) is 0 Å². The van der Waals surface area contributed by atoms with Crippen LogP contribution in [-0.4, -0.2) is 70.0 Å². The van der Waals surface area contributed by atoms with E-state index in [9.17, 15) is 39.5 Å². The first-order chi connectivity index (χ1) is 16.5. The molecule has 0 fully saturated rings. The SMILES string of the molecule is CCn1cnc2c(C#N)nc(Cl)cc21.O=S(=O)([O-])C(F)(F)F.O=S(=O)([O-])C(F)(F)F.O=S(=O)([O-])C(F)(F)F.[Yb+3]. The van der Waals surface area contributed by atoms with Crippen molar-refractivity contribution < 1.29 is 125 Å². The van der Waals surface area contributed by atoms with E-state index in [1.54, 1.807) is 12.4 Å². The molecule has 2 heterocycles. The van der Waals surface area contributed by atoms with Gasteiger partial charge in [0.1, 0.15) is 16.7 Å². The summed E-state index contributed by atoms with van der Waals surface area (Å²) in [6, 6.07) is 3.69. The van der Waals surface area contributed by atoms with Crippen molar-refractivity contribution in [1.82, 2.24) is 14.5 Å². The molecule has 0 unspecified atom stereocenters. The molecule has 0 spiro atoms. The van der Waals surface area contributed by atoms with Crippen LogP contribution in [0, 0.1) is 58.3 Å². The number of aryl methyl sites for hydroxylation is 1. The molecule has 0 aliphatic carbocycles. The Balaban J connectivity index is -0.000000460. The second-order valence-electron chi connectivity index (χ2n) is 5.50. The van der Waals surface area contributed by atoms with Gasteiger partial charge in [0, 0.05) is 12.6 Å². The molecule has 0 aliphatic heterocycles. The van der Waals surface area contributed by atoms with Gasteiger partial charge in [-0.1, -0.05) is 11.6 Å². The Bertz CT molecular complexity index is 1370. The molecule has 0 bridgehead atoms. The average molecular weight is 827 g/mol.